The molecule has 0 bridgehead atoms. The first-order valence-corrected chi connectivity index (χ1v) is 11.1. The summed E-state index contributed by atoms with van der Waals surface area (Å²) in [5, 5.41) is 21.0. The Hall–Kier alpha value is -4.07. The van der Waals surface area contributed by atoms with Crippen molar-refractivity contribution in [2.75, 3.05) is 5.32 Å². The van der Waals surface area contributed by atoms with Gasteiger partial charge in [0.1, 0.15) is 17.3 Å². The molecule has 3 aromatic heterocycles. The van der Waals surface area contributed by atoms with Gasteiger partial charge in [-0.3, -0.25) is 0 Å². The summed E-state index contributed by atoms with van der Waals surface area (Å²) in [4.78, 5) is 20.3. The minimum Gasteiger partial charge on any atom is -0.478 e. The molecular weight excluding hydrogens is 428 g/mol. The van der Waals surface area contributed by atoms with Crippen molar-refractivity contribution in [2.45, 2.75) is 46.1 Å². The smallest absolute Gasteiger partial charge is 0.335 e. The fraction of sp³-hybridized carbons (Fsp3) is 0.269. The van der Waals surface area contributed by atoms with Crippen molar-refractivity contribution in [3.05, 3.63) is 83.2 Å². The second-order valence-electron chi connectivity index (χ2n) is 9.41. The Balaban J connectivity index is 1.57. The molecule has 1 atom stereocenters. The number of pyridine rings is 2. The highest BCUT2D eigenvalue weighted by atomic mass is 16.4. The van der Waals surface area contributed by atoms with E-state index in [1.807, 2.05) is 44.3 Å². The second kappa shape index (κ2) is 9.05. The lowest BCUT2D eigenvalue weighted by molar-refractivity contribution is 0.0697. The summed E-state index contributed by atoms with van der Waals surface area (Å²) in [5.41, 5.74) is 4.78. The summed E-state index contributed by atoms with van der Waals surface area (Å²) in [6, 6.07) is 14.6. The Labute approximate surface area is 198 Å². The number of benzene rings is 1. The number of carboxylic acid groups (broad SMARTS) is 1. The zero-order valence-corrected chi connectivity index (χ0v) is 19.9. The van der Waals surface area contributed by atoms with E-state index in [9.17, 15) is 4.79 Å². The van der Waals surface area contributed by atoms with Crippen LogP contribution in [-0.2, 0) is 5.41 Å². The summed E-state index contributed by atoms with van der Waals surface area (Å²) in [5.74, 6) is 0.469. The van der Waals surface area contributed by atoms with E-state index in [0.717, 1.165) is 16.9 Å². The quantitative estimate of drug-likeness (QED) is 0.400. The van der Waals surface area contributed by atoms with Gasteiger partial charge in [0.25, 0.3) is 0 Å². The van der Waals surface area contributed by atoms with Crippen LogP contribution in [0, 0.1) is 6.92 Å². The predicted molar refractivity (Wildman–Crippen MR) is 131 cm³/mol. The SMILES string of the molecule is Cc1cc(Nc2cc(C(C)(C)C)ccn2)nc(-c2cn(C(C)c3ccc(C(=O)O)cc3)nn2)c1. The summed E-state index contributed by atoms with van der Waals surface area (Å²) < 4.78 is 1.75. The fourth-order valence-corrected chi connectivity index (χ4v) is 3.60. The minimum absolute atomic E-state index is 0.0215. The number of aryl methyl sites for hydroxylation is 1. The van der Waals surface area contributed by atoms with Crippen LogP contribution in [0.1, 0.15) is 60.8 Å². The minimum atomic E-state index is -0.947. The van der Waals surface area contributed by atoms with E-state index in [1.165, 1.54) is 5.56 Å². The van der Waals surface area contributed by atoms with Crippen molar-refractivity contribution >= 4 is 17.6 Å². The topological polar surface area (TPSA) is 106 Å². The maximum atomic E-state index is 11.1. The van der Waals surface area contributed by atoms with Gasteiger partial charge < -0.3 is 10.4 Å². The van der Waals surface area contributed by atoms with Crippen molar-refractivity contribution in [1.29, 1.82) is 0 Å². The van der Waals surface area contributed by atoms with Gasteiger partial charge in [0.15, 0.2) is 0 Å². The standard InChI is InChI=1S/C26H28N6O2/c1-16-12-21(28-24(13-16)29-23-14-20(10-11-27-23)26(3,4)5)22-15-32(31-30-22)17(2)18-6-8-19(9-7-18)25(33)34/h6-15,17H,1-5H3,(H,33,34)(H,27,28,29). The van der Waals surface area contributed by atoms with Crippen LogP contribution in [0.15, 0.2) is 60.9 Å². The number of carbonyl (C=O) groups is 1. The summed E-state index contributed by atoms with van der Waals surface area (Å²) in [7, 11) is 0. The molecular formula is C26H28N6O2. The third-order valence-corrected chi connectivity index (χ3v) is 5.66. The third kappa shape index (κ3) is 5.11. The van der Waals surface area contributed by atoms with Gasteiger partial charge in [0, 0.05) is 6.20 Å². The van der Waals surface area contributed by atoms with Crippen molar-refractivity contribution in [2.24, 2.45) is 0 Å². The molecule has 8 heteroatoms. The van der Waals surface area contributed by atoms with Crippen molar-refractivity contribution < 1.29 is 9.90 Å². The molecule has 1 aromatic carbocycles. The van der Waals surface area contributed by atoms with Gasteiger partial charge in [-0.1, -0.05) is 38.1 Å². The van der Waals surface area contributed by atoms with Gasteiger partial charge in [0.2, 0.25) is 0 Å². The van der Waals surface area contributed by atoms with Gasteiger partial charge in [-0.25, -0.2) is 19.4 Å². The molecule has 8 nitrogen and oxygen atoms in total. The Bertz CT molecular complexity index is 1320. The maximum Gasteiger partial charge on any atom is 0.335 e. The Kier molecular flexibility index (Phi) is 6.15. The summed E-state index contributed by atoms with van der Waals surface area (Å²) in [6.45, 7) is 10.5. The van der Waals surface area contributed by atoms with Crippen LogP contribution in [0.4, 0.5) is 11.6 Å². The summed E-state index contributed by atoms with van der Waals surface area (Å²) >= 11 is 0. The third-order valence-electron chi connectivity index (χ3n) is 5.66. The molecule has 0 aliphatic rings. The first kappa shape index (κ1) is 23.1. The number of aromatic nitrogens is 5. The average molecular weight is 457 g/mol. The van der Waals surface area contributed by atoms with Gasteiger partial charge in [0.05, 0.1) is 23.5 Å². The molecule has 0 radical (unpaired) electrons. The van der Waals surface area contributed by atoms with Crippen LogP contribution >= 0.6 is 0 Å². The number of aromatic carboxylic acids is 1. The highest BCUT2D eigenvalue weighted by Crippen LogP contribution is 2.26. The summed E-state index contributed by atoms with van der Waals surface area (Å²) in [6.07, 6.45) is 3.65. The highest BCUT2D eigenvalue weighted by Gasteiger charge is 2.16. The van der Waals surface area contributed by atoms with Crippen LogP contribution in [0.2, 0.25) is 0 Å². The number of carboxylic acids is 1. The van der Waals surface area contributed by atoms with Crippen LogP contribution < -0.4 is 5.32 Å². The molecule has 0 saturated carbocycles. The van der Waals surface area contributed by atoms with E-state index in [4.69, 9.17) is 10.1 Å². The molecule has 0 aliphatic carbocycles. The van der Waals surface area contributed by atoms with Crippen LogP contribution in [0.3, 0.4) is 0 Å². The van der Waals surface area contributed by atoms with Gasteiger partial charge in [-0.2, -0.15) is 0 Å². The average Bonchev–Trinajstić information content (AvgIpc) is 3.28. The molecule has 2 N–H and O–H groups in total. The highest BCUT2D eigenvalue weighted by molar-refractivity contribution is 5.87. The Morgan fingerprint density at radius 3 is 2.44 bits per heavy atom. The normalized spacial score (nSPS) is 12.4. The Morgan fingerprint density at radius 1 is 1.03 bits per heavy atom. The number of anilines is 2. The molecule has 4 rings (SSSR count). The molecule has 4 aromatic rings. The first-order valence-electron chi connectivity index (χ1n) is 11.1. The lowest BCUT2D eigenvalue weighted by atomic mass is 9.88. The van der Waals surface area contributed by atoms with Crippen LogP contribution in [0.25, 0.3) is 11.4 Å². The van der Waals surface area contributed by atoms with Crippen molar-refractivity contribution in [1.82, 2.24) is 25.0 Å². The number of hydrogen-bond acceptors (Lipinski definition) is 6. The van der Waals surface area contributed by atoms with Gasteiger partial charge in [-0.15, -0.1) is 5.10 Å². The van der Waals surface area contributed by atoms with E-state index in [0.29, 0.717) is 17.2 Å². The molecule has 1 unspecified atom stereocenters. The molecule has 34 heavy (non-hydrogen) atoms. The lowest BCUT2D eigenvalue weighted by Crippen LogP contribution is -2.11. The van der Waals surface area contributed by atoms with E-state index < -0.39 is 5.97 Å². The lowest BCUT2D eigenvalue weighted by Gasteiger charge is -2.19. The number of hydrogen-bond donors (Lipinski definition) is 2. The zero-order valence-electron chi connectivity index (χ0n) is 19.9. The molecule has 0 spiro atoms. The van der Waals surface area contributed by atoms with Crippen molar-refractivity contribution in [3.63, 3.8) is 0 Å². The second-order valence-corrected chi connectivity index (χ2v) is 9.41. The van der Waals surface area contributed by atoms with Gasteiger partial charge in [-0.05, 0) is 72.4 Å². The van der Waals surface area contributed by atoms with Crippen molar-refractivity contribution in [3.8, 4) is 11.4 Å². The molecule has 0 amide bonds. The van der Waals surface area contributed by atoms with E-state index >= 15 is 0 Å². The maximum absolute atomic E-state index is 11.1. The monoisotopic (exact) mass is 456 g/mol. The molecule has 174 valence electrons. The molecule has 0 aliphatic heterocycles. The first-order chi connectivity index (χ1) is 16.1. The number of rotatable bonds is 6. The van der Waals surface area contributed by atoms with E-state index in [-0.39, 0.29) is 17.0 Å². The van der Waals surface area contributed by atoms with Crippen LogP contribution in [-0.4, -0.2) is 36.0 Å². The zero-order chi connectivity index (χ0) is 24.5. The predicted octanol–water partition coefficient (Wildman–Crippen LogP) is 5.39. The number of nitrogens with one attached hydrogen (secondary N) is 1. The fourth-order valence-electron chi connectivity index (χ4n) is 3.60. The van der Waals surface area contributed by atoms with Crippen LogP contribution in [0.5, 0.6) is 0 Å². The van der Waals surface area contributed by atoms with E-state index in [2.05, 4.69) is 41.4 Å². The number of nitrogens with zero attached hydrogens (tertiary/aromatic N) is 5. The molecule has 0 fully saturated rings. The molecule has 3 heterocycles. The molecule has 0 saturated heterocycles. The largest absolute Gasteiger partial charge is 0.478 e. The van der Waals surface area contributed by atoms with Gasteiger partial charge >= 0.3 is 5.97 Å². The Morgan fingerprint density at radius 2 is 1.76 bits per heavy atom. The van der Waals surface area contributed by atoms with E-state index in [1.54, 1.807) is 35.1 Å².